The minimum atomic E-state index is -1.15. The fraction of sp³-hybridized carbons (Fsp3) is 0.450. The molecule has 0 spiro atoms. The molecule has 23 heavy (non-hydrogen) atoms. The smallest absolute Gasteiger partial charge is 0.313 e. The minimum absolute atomic E-state index is 0.561. The molecule has 1 aliphatic rings. The van der Waals surface area contributed by atoms with Gasteiger partial charge in [0.25, 0.3) is 0 Å². The number of aliphatic hydroxyl groups is 1. The highest BCUT2D eigenvalue weighted by Crippen LogP contribution is 2.44. The lowest BCUT2D eigenvalue weighted by Gasteiger charge is -2.40. The van der Waals surface area contributed by atoms with Crippen molar-refractivity contribution in [2.45, 2.75) is 50.5 Å². The molecule has 0 radical (unpaired) electrons. The largest absolute Gasteiger partial charge is 0.481 e. The summed E-state index contributed by atoms with van der Waals surface area (Å²) in [5.41, 5.74) is -0.421. The van der Waals surface area contributed by atoms with Gasteiger partial charge in [-0.3, -0.25) is 4.79 Å². The number of hydrogen-bond acceptors (Lipinski definition) is 2. The van der Waals surface area contributed by atoms with Gasteiger partial charge in [-0.15, -0.1) is 0 Å². The summed E-state index contributed by atoms with van der Waals surface area (Å²) in [7, 11) is 0. The lowest BCUT2D eigenvalue weighted by molar-refractivity contribution is -0.148. The molecule has 2 aromatic rings. The van der Waals surface area contributed by atoms with Crippen LogP contribution in [0.1, 0.15) is 50.5 Å². The van der Waals surface area contributed by atoms with E-state index in [1.165, 1.54) is 0 Å². The van der Waals surface area contributed by atoms with E-state index in [1.807, 2.05) is 42.5 Å². The van der Waals surface area contributed by atoms with E-state index in [4.69, 9.17) is 0 Å². The molecule has 1 atom stereocenters. The van der Waals surface area contributed by atoms with Gasteiger partial charge in [0.2, 0.25) is 0 Å². The fourth-order valence-electron chi connectivity index (χ4n) is 4.03. The molecule has 0 unspecified atom stereocenters. The first-order valence-electron chi connectivity index (χ1n) is 8.48. The molecule has 0 aliphatic heterocycles. The van der Waals surface area contributed by atoms with E-state index in [2.05, 4.69) is 6.92 Å². The Balaban J connectivity index is 2.03. The second-order valence-electron chi connectivity index (χ2n) is 6.79. The maximum absolute atomic E-state index is 12.0. The van der Waals surface area contributed by atoms with E-state index in [9.17, 15) is 15.0 Å². The fourth-order valence-corrected chi connectivity index (χ4v) is 4.03. The van der Waals surface area contributed by atoms with E-state index in [0.717, 1.165) is 35.6 Å². The van der Waals surface area contributed by atoms with Gasteiger partial charge >= 0.3 is 5.97 Å². The summed E-state index contributed by atoms with van der Waals surface area (Å²) in [4.78, 5) is 12.0. The highest BCUT2D eigenvalue weighted by molar-refractivity contribution is 5.91. The maximum atomic E-state index is 12.0. The summed E-state index contributed by atoms with van der Waals surface area (Å²) in [6.07, 6.45) is 4.03. The summed E-state index contributed by atoms with van der Waals surface area (Å²) in [6.45, 7) is 2.16. The predicted octanol–water partition coefficient (Wildman–Crippen LogP) is 4.34. The van der Waals surface area contributed by atoms with Crippen molar-refractivity contribution >= 4 is 16.7 Å². The topological polar surface area (TPSA) is 57.5 Å². The van der Waals surface area contributed by atoms with Crippen LogP contribution in [0.15, 0.2) is 42.5 Å². The summed E-state index contributed by atoms with van der Waals surface area (Å²) < 4.78 is 0. The van der Waals surface area contributed by atoms with Crippen LogP contribution in [0, 0.1) is 5.92 Å². The van der Waals surface area contributed by atoms with Crippen molar-refractivity contribution in [3.05, 3.63) is 48.0 Å². The second-order valence-corrected chi connectivity index (χ2v) is 6.79. The summed E-state index contributed by atoms with van der Waals surface area (Å²) in [5.74, 6) is -1.19. The molecular weight excluding hydrogens is 288 g/mol. The van der Waals surface area contributed by atoms with E-state index >= 15 is 0 Å². The summed E-state index contributed by atoms with van der Waals surface area (Å²) >= 11 is 0. The van der Waals surface area contributed by atoms with E-state index in [-0.39, 0.29) is 0 Å². The summed E-state index contributed by atoms with van der Waals surface area (Å²) in [6, 6.07) is 13.5. The molecule has 1 fully saturated rings. The maximum Gasteiger partial charge on any atom is 0.313 e. The van der Waals surface area contributed by atoms with Crippen LogP contribution in [0.5, 0.6) is 0 Å². The van der Waals surface area contributed by atoms with Gasteiger partial charge in [0.05, 0.1) is 5.60 Å². The number of carboxylic acids is 1. The van der Waals surface area contributed by atoms with Crippen LogP contribution in [0.25, 0.3) is 10.8 Å². The Morgan fingerprint density at radius 2 is 1.83 bits per heavy atom. The third-order valence-electron chi connectivity index (χ3n) is 5.47. The van der Waals surface area contributed by atoms with Gasteiger partial charge in [0.15, 0.2) is 0 Å². The zero-order valence-corrected chi connectivity index (χ0v) is 13.5. The molecule has 122 valence electrons. The molecule has 1 saturated carbocycles. The lowest BCUT2D eigenvalue weighted by Crippen LogP contribution is -2.43. The summed E-state index contributed by atoms with van der Waals surface area (Å²) in [5, 5.41) is 23.0. The van der Waals surface area contributed by atoms with Crippen LogP contribution in [0.4, 0.5) is 0 Å². The van der Waals surface area contributed by atoms with Crippen LogP contribution in [-0.4, -0.2) is 21.8 Å². The number of hydrogen-bond donors (Lipinski definition) is 2. The third kappa shape index (κ3) is 2.98. The Bertz CT molecular complexity index is 694. The first-order valence-corrected chi connectivity index (χ1v) is 8.48. The average Bonchev–Trinajstić information content (AvgIpc) is 2.55. The van der Waals surface area contributed by atoms with Crippen LogP contribution in [-0.2, 0) is 4.79 Å². The number of fused-ring (bicyclic) bond motifs is 1. The monoisotopic (exact) mass is 312 g/mol. The predicted molar refractivity (Wildman–Crippen MR) is 91.5 cm³/mol. The third-order valence-corrected chi connectivity index (χ3v) is 5.47. The Morgan fingerprint density at radius 3 is 2.48 bits per heavy atom. The van der Waals surface area contributed by atoms with Crippen LogP contribution < -0.4 is 0 Å². The van der Waals surface area contributed by atoms with Crippen molar-refractivity contribution < 1.29 is 15.0 Å². The average molecular weight is 312 g/mol. The molecule has 3 rings (SSSR count). The molecule has 0 heterocycles. The zero-order valence-electron chi connectivity index (χ0n) is 13.5. The number of aliphatic carboxylic acids is 1. The molecule has 2 aromatic carbocycles. The molecule has 0 aromatic heterocycles. The molecule has 3 nitrogen and oxygen atoms in total. The van der Waals surface area contributed by atoms with Crippen molar-refractivity contribution in [1.29, 1.82) is 0 Å². The van der Waals surface area contributed by atoms with Gasteiger partial charge < -0.3 is 10.2 Å². The van der Waals surface area contributed by atoms with Gasteiger partial charge in [-0.1, -0.05) is 55.8 Å². The van der Waals surface area contributed by atoms with Gasteiger partial charge in [0, 0.05) is 0 Å². The van der Waals surface area contributed by atoms with E-state index < -0.39 is 17.5 Å². The van der Waals surface area contributed by atoms with E-state index in [1.54, 1.807) is 0 Å². The standard InChI is InChI=1S/C20H24O3/c1-2-14-10-12-20(23,13-11-14)18(19(21)22)17-9-5-7-15-6-3-4-8-16(15)17/h3-9,14,18,23H,2,10-13H2,1H3,(H,21,22)/t14?,18-,20?/m0/s1. The van der Waals surface area contributed by atoms with Gasteiger partial charge in [0.1, 0.15) is 5.92 Å². The Morgan fingerprint density at radius 1 is 1.17 bits per heavy atom. The molecule has 2 N–H and O–H groups in total. The minimum Gasteiger partial charge on any atom is -0.481 e. The first kappa shape index (κ1) is 16.0. The van der Waals surface area contributed by atoms with Crippen LogP contribution in [0.3, 0.4) is 0 Å². The molecule has 0 bridgehead atoms. The van der Waals surface area contributed by atoms with Gasteiger partial charge in [-0.25, -0.2) is 0 Å². The van der Waals surface area contributed by atoms with E-state index in [0.29, 0.717) is 18.8 Å². The molecule has 0 amide bonds. The van der Waals surface area contributed by atoms with Crippen molar-refractivity contribution in [3.8, 4) is 0 Å². The molecular formula is C20H24O3. The van der Waals surface area contributed by atoms with Crippen LogP contribution in [0.2, 0.25) is 0 Å². The van der Waals surface area contributed by atoms with Gasteiger partial charge in [-0.2, -0.15) is 0 Å². The Kier molecular flexibility index (Phi) is 4.40. The van der Waals surface area contributed by atoms with Crippen molar-refractivity contribution in [2.24, 2.45) is 5.92 Å². The molecule has 0 saturated heterocycles. The Labute approximate surface area is 137 Å². The number of carbonyl (C=O) groups is 1. The highest BCUT2D eigenvalue weighted by atomic mass is 16.4. The SMILES string of the molecule is CCC1CCC(O)([C@H](C(=O)O)c2cccc3ccccc23)CC1. The second kappa shape index (κ2) is 6.32. The van der Waals surface area contributed by atoms with Crippen molar-refractivity contribution in [3.63, 3.8) is 0 Å². The molecule has 3 heteroatoms. The Hall–Kier alpha value is -1.87. The molecule has 1 aliphatic carbocycles. The quantitative estimate of drug-likeness (QED) is 0.883. The highest BCUT2D eigenvalue weighted by Gasteiger charge is 2.45. The first-order chi connectivity index (χ1) is 11.0. The number of rotatable bonds is 4. The normalized spacial score (nSPS) is 26.1. The van der Waals surface area contributed by atoms with Crippen LogP contribution >= 0.6 is 0 Å². The van der Waals surface area contributed by atoms with Crippen molar-refractivity contribution in [1.82, 2.24) is 0 Å². The zero-order chi connectivity index (χ0) is 16.4. The number of benzene rings is 2. The lowest BCUT2D eigenvalue weighted by atomic mass is 9.69. The van der Waals surface area contributed by atoms with Gasteiger partial charge in [-0.05, 0) is 47.9 Å². The number of carboxylic acid groups (broad SMARTS) is 1. The van der Waals surface area contributed by atoms with Crippen molar-refractivity contribution in [2.75, 3.05) is 0 Å².